The van der Waals surface area contributed by atoms with Crippen LogP contribution in [0.5, 0.6) is 0 Å². The van der Waals surface area contributed by atoms with Crippen LogP contribution in [0.4, 0.5) is 13.2 Å². The van der Waals surface area contributed by atoms with Crippen LogP contribution in [0.1, 0.15) is 6.42 Å². The fraction of sp³-hybridized carbons (Fsp3) is 0.857. The molecule has 1 amide bonds. The number of likely N-dealkylation sites (tertiary alicyclic amines) is 1. The molecule has 3 nitrogen and oxygen atoms in total. The SMILES string of the molecule is Cl.NCC1CC(=O)N(CC(F)(F)F)C1. The van der Waals surface area contributed by atoms with Crippen LogP contribution >= 0.6 is 12.4 Å². The summed E-state index contributed by atoms with van der Waals surface area (Å²) in [5.74, 6) is -0.567. The van der Waals surface area contributed by atoms with Gasteiger partial charge >= 0.3 is 6.18 Å². The molecule has 1 aliphatic rings. The van der Waals surface area contributed by atoms with Gasteiger partial charge in [-0.1, -0.05) is 0 Å². The molecule has 1 saturated heterocycles. The summed E-state index contributed by atoms with van der Waals surface area (Å²) in [4.78, 5) is 11.8. The number of hydrogen-bond acceptors (Lipinski definition) is 2. The van der Waals surface area contributed by atoms with E-state index in [9.17, 15) is 18.0 Å². The Kier molecular flexibility index (Phi) is 4.67. The van der Waals surface area contributed by atoms with Crippen molar-refractivity contribution in [3.05, 3.63) is 0 Å². The van der Waals surface area contributed by atoms with Crippen LogP contribution in [0, 0.1) is 5.92 Å². The standard InChI is InChI=1S/C7H11F3N2O.ClH/c8-7(9,10)4-12-3-5(2-11)1-6(12)13;/h5H,1-4,11H2;1H. The van der Waals surface area contributed by atoms with Crippen LogP contribution in [-0.4, -0.2) is 36.6 Å². The highest BCUT2D eigenvalue weighted by Crippen LogP contribution is 2.22. The molecule has 1 fully saturated rings. The van der Waals surface area contributed by atoms with Gasteiger partial charge in [0.25, 0.3) is 0 Å². The monoisotopic (exact) mass is 232 g/mol. The van der Waals surface area contributed by atoms with Gasteiger partial charge in [0.2, 0.25) is 5.91 Å². The van der Waals surface area contributed by atoms with Gasteiger partial charge < -0.3 is 10.6 Å². The second-order valence-electron chi connectivity index (χ2n) is 3.20. The molecule has 2 N–H and O–H groups in total. The van der Waals surface area contributed by atoms with Crippen molar-refractivity contribution in [3.63, 3.8) is 0 Å². The van der Waals surface area contributed by atoms with Crippen molar-refractivity contribution in [3.8, 4) is 0 Å². The zero-order chi connectivity index (χ0) is 10.1. The van der Waals surface area contributed by atoms with Crippen LogP contribution in [0.25, 0.3) is 0 Å². The maximum atomic E-state index is 11.9. The van der Waals surface area contributed by atoms with Gasteiger partial charge in [-0.3, -0.25) is 4.79 Å². The molecule has 7 heteroatoms. The molecule has 0 aromatic heterocycles. The number of halogens is 4. The van der Waals surface area contributed by atoms with E-state index in [4.69, 9.17) is 5.73 Å². The Morgan fingerprint density at radius 2 is 2.07 bits per heavy atom. The highest BCUT2D eigenvalue weighted by atomic mass is 35.5. The molecule has 0 aliphatic carbocycles. The largest absolute Gasteiger partial charge is 0.406 e. The van der Waals surface area contributed by atoms with Crippen molar-refractivity contribution in [1.82, 2.24) is 4.90 Å². The third kappa shape index (κ3) is 3.71. The summed E-state index contributed by atoms with van der Waals surface area (Å²) in [6.07, 6.45) is -4.16. The van der Waals surface area contributed by atoms with Crippen molar-refractivity contribution >= 4 is 18.3 Å². The van der Waals surface area contributed by atoms with Crippen LogP contribution in [0.2, 0.25) is 0 Å². The second kappa shape index (κ2) is 4.84. The van der Waals surface area contributed by atoms with Crippen molar-refractivity contribution < 1.29 is 18.0 Å². The number of hydrogen-bond donors (Lipinski definition) is 1. The van der Waals surface area contributed by atoms with E-state index in [1.165, 1.54) is 0 Å². The van der Waals surface area contributed by atoms with Crippen LogP contribution in [0.15, 0.2) is 0 Å². The molecule has 1 atom stereocenters. The second-order valence-corrected chi connectivity index (χ2v) is 3.20. The van der Waals surface area contributed by atoms with Crippen molar-refractivity contribution in [1.29, 1.82) is 0 Å². The molecule has 1 unspecified atom stereocenters. The maximum absolute atomic E-state index is 11.9. The lowest BCUT2D eigenvalue weighted by Gasteiger charge is -2.17. The molecule has 84 valence electrons. The lowest BCUT2D eigenvalue weighted by atomic mass is 10.1. The third-order valence-electron chi connectivity index (χ3n) is 2.00. The molecule has 0 spiro atoms. The maximum Gasteiger partial charge on any atom is 0.406 e. The van der Waals surface area contributed by atoms with Crippen LogP contribution in [-0.2, 0) is 4.79 Å². The van der Waals surface area contributed by atoms with Gasteiger partial charge in [-0.25, -0.2) is 0 Å². The third-order valence-corrected chi connectivity index (χ3v) is 2.00. The first-order valence-electron chi connectivity index (χ1n) is 3.97. The van der Waals surface area contributed by atoms with E-state index in [0.717, 1.165) is 4.90 Å². The smallest absolute Gasteiger partial charge is 0.333 e. The Bertz CT molecular complexity index is 210. The predicted octanol–water partition coefficient (Wildman–Crippen LogP) is 0.778. The van der Waals surface area contributed by atoms with Crippen LogP contribution in [0.3, 0.4) is 0 Å². The van der Waals surface area contributed by atoms with Crippen molar-refractivity contribution in [2.75, 3.05) is 19.6 Å². The van der Waals surface area contributed by atoms with E-state index in [2.05, 4.69) is 0 Å². The van der Waals surface area contributed by atoms with Gasteiger partial charge in [-0.2, -0.15) is 13.2 Å². The molecule has 0 aromatic carbocycles. The van der Waals surface area contributed by atoms with E-state index in [0.29, 0.717) is 0 Å². The van der Waals surface area contributed by atoms with Gasteiger partial charge in [-0.15, -0.1) is 12.4 Å². The summed E-state index contributed by atoms with van der Waals surface area (Å²) in [6.45, 7) is -0.753. The minimum absolute atomic E-state index is 0. The fourth-order valence-electron chi connectivity index (χ4n) is 1.38. The van der Waals surface area contributed by atoms with Gasteiger partial charge in [0, 0.05) is 13.0 Å². The number of rotatable bonds is 2. The summed E-state index contributed by atoms with van der Waals surface area (Å²) in [6, 6.07) is 0. The summed E-state index contributed by atoms with van der Waals surface area (Å²) in [7, 11) is 0. The van der Waals surface area contributed by atoms with Crippen LogP contribution < -0.4 is 5.73 Å². The quantitative estimate of drug-likeness (QED) is 0.765. The zero-order valence-corrected chi connectivity index (χ0v) is 8.20. The lowest BCUT2D eigenvalue weighted by molar-refractivity contribution is -0.157. The summed E-state index contributed by atoms with van der Waals surface area (Å²) < 4.78 is 35.7. The van der Waals surface area contributed by atoms with Gasteiger partial charge in [0.05, 0.1) is 0 Å². The molecular weight excluding hydrogens is 221 g/mol. The molecule has 1 rings (SSSR count). The Balaban J connectivity index is 0.00000169. The fourth-order valence-corrected chi connectivity index (χ4v) is 1.38. The summed E-state index contributed by atoms with van der Waals surface area (Å²) >= 11 is 0. The number of nitrogens with zero attached hydrogens (tertiary/aromatic N) is 1. The average molecular weight is 233 g/mol. The normalized spacial score (nSPS) is 22.4. The number of amides is 1. The Hall–Kier alpha value is -0.490. The van der Waals surface area contributed by atoms with Gasteiger partial charge in [0.1, 0.15) is 6.54 Å². The molecule has 0 radical (unpaired) electrons. The minimum Gasteiger partial charge on any atom is -0.333 e. The minimum atomic E-state index is -4.31. The summed E-state index contributed by atoms with van der Waals surface area (Å²) in [5.41, 5.74) is 5.26. The topological polar surface area (TPSA) is 46.3 Å². The molecule has 14 heavy (non-hydrogen) atoms. The first kappa shape index (κ1) is 13.5. The van der Waals surface area contributed by atoms with Crippen molar-refractivity contribution in [2.24, 2.45) is 11.7 Å². The Morgan fingerprint density at radius 3 is 2.43 bits per heavy atom. The van der Waals surface area contributed by atoms with E-state index >= 15 is 0 Å². The van der Waals surface area contributed by atoms with E-state index in [1.54, 1.807) is 0 Å². The highest BCUT2D eigenvalue weighted by Gasteiger charge is 2.37. The Morgan fingerprint density at radius 1 is 1.50 bits per heavy atom. The van der Waals surface area contributed by atoms with Gasteiger partial charge in [-0.05, 0) is 12.5 Å². The number of carbonyl (C=O) groups excluding carboxylic acids is 1. The molecule has 1 aliphatic heterocycles. The number of alkyl halides is 3. The summed E-state index contributed by atoms with van der Waals surface area (Å²) in [5, 5.41) is 0. The molecule has 1 heterocycles. The lowest BCUT2D eigenvalue weighted by Crippen LogP contribution is -2.35. The first-order chi connectivity index (χ1) is 5.92. The molecule has 0 saturated carbocycles. The van der Waals surface area contributed by atoms with Gasteiger partial charge in [0.15, 0.2) is 0 Å². The average Bonchev–Trinajstić information content (AvgIpc) is 2.29. The first-order valence-corrected chi connectivity index (χ1v) is 3.97. The molecule has 0 aromatic rings. The van der Waals surface area contributed by atoms with E-state index in [-0.39, 0.29) is 37.8 Å². The molecular formula is C7H12ClF3N2O. The van der Waals surface area contributed by atoms with E-state index in [1.807, 2.05) is 0 Å². The number of nitrogens with two attached hydrogens (primary N) is 1. The zero-order valence-electron chi connectivity index (χ0n) is 7.38. The van der Waals surface area contributed by atoms with Crippen molar-refractivity contribution in [2.45, 2.75) is 12.6 Å². The Labute approximate surface area is 85.8 Å². The number of carbonyl (C=O) groups is 1. The highest BCUT2D eigenvalue weighted by molar-refractivity contribution is 5.85. The predicted molar refractivity (Wildman–Crippen MR) is 47.0 cm³/mol. The molecule has 0 bridgehead atoms. The van der Waals surface area contributed by atoms with E-state index < -0.39 is 18.6 Å².